The largest absolute Gasteiger partial charge is 0.378 e. The topological polar surface area (TPSA) is 64.4 Å². The molecule has 0 saturated heterocycles. The maximum atomic E-state index is 13.5. The SMILES string of the molecule is CCOC1CC(Nc2cc(Br)c(F)cc2[N+](=O)[O-])C1(C)C. The second kappa shape index (κ2) is 5.88. The molecule has 2 unspecified atom stereocenters. The first-order valence-electron chi connectivity index (χ1n) is 6.79. The summed E-state index contributed by atoms with van der Waals surface area (Å²) in [7, 11) is 0. The summed E-state index contributed by atoms with van der Waals surface area (Å²) in [5, 5.41) is 14.2. The van der Waals surface area contributed by atoms with Crippen LogP contribution in [0.25, 0.3) is 0 Å². The predicted molar refractivity (Wildman–Crippen MR) is 82.0 cm³/mol. The van der Waals surface area contributed by atoms with E-state index in [1.54, 1.807) is 0 Å². The molecule has 7 heteroatoms. The van der Waals surface area contributed by atoms with Gasteiger partial charge in [0.25, 0.3) is 5.69 Å². The van der Waals surface area contributed by atoms with E-state index in [1.807, 2.05) is 6.92 Å². The molecule has 21 heavy (non-hydrogen) atoms. The van der Waals surface area contributed by atoms with Crippen molar-refractivity contribution in [3.8, 4) is 0 Å². The lowest BCUT2D eigenvalue weighted by Gasteiger charge is -2.51. The van der Waals surface area contributed by atoms with Crippen LogP contribution in [0.4, 0.5) is 15.8 Å². The molecule has 1 aliphatic rings. The molecular weight excluding hydrogens is 343 g/mol. The van der Waals surface area contributed by atoms with Crippen LogP contribution in [0.3, 0.4) is 0 Å². The number of anilines is 1. The zero-order valence-corrected chi connectivity index (χ0v) is 13.7. The summed E-state index contributed by atoms with van der Waals surface area (Å²) in [4.78, 5) is 10.5. The fraction of sp³-hybridized carbons (Fsp3) is 0.571. The Morgan fingerprint density at radius 1 is 1.57 bits per heavy atom. The van der Waals surface area contributed by atoms with Gasteiger partial charge < -0.3 is 10.1 Å². The molecule has 0 heterocycles. The molecule has 1 aromatic rings. The monoisotopic (exact) mass is 360 g/mol. The highest BCUT2D eigenvalue weighted by molar-refractivity contribution is 9.10. The van der Waals surface area contributed by atoms with Crippen LogP contribution in [-0.4, -0.2) is 23.7 Å². The lowest BCUT2D eigenvalue weighted by molar-refractivity contribution is -0.384. The molecule has 1 N–H and O–H groups in total. The van der Waals surface area contributed by atoms with Gasteiger partial charge in [-0.25, -0.2) is 4.39 Å². The fourth-order valence-electron chi connectivity index (χ4n) is 2.61. The first kappa shape index (κ1) is 16.2. The van der Waals surface area contributed by atoms with E-state index >= 15 is 0 Å². The average molecular weight is 361 g/mol. The molecule has 1 aromatic carbocycles. The summed E-state index contributed by atoms with van der Waals surface area (Å²) < 4.78 is 19.3. The van der Waals surface area contributed by atoms with Crippen LogP contribution in [0.2, 0.25) is 0 Å². The van der Waals surface area contributed by atoms with Crippen molar-refractivity contribution < 1.29 is 14.1 Å². The standard InChI is InChI=1S/C14H18BrFN2O3/c1-4-21-13-7-12(14(13,2)3)17-10-5-8(15)9(16)6-11(10)18(19)20/h5-6,12-13,17H,4,7H2,1-3H3. The molecule has 1 fully saturated rings. The maximum absolute atomic E-state index is 13.5. The van der Waals surface area contributed by atoms with Crippen LogP contribution in [0.15, 0.2) is 16.6 Å². The fourth-order valence-corrected chi connectivity index (χ4v) is 2.95. The second-order valence-electron chi connectivity index (χ2n) is 5.74. The molecule has 1 aliphatic carbocycles. The van der Waals surface area contributed by atoms with Gasteiger partial charge in [-0.1, -0.05) is 13.8 Å². The Morgan fingerprint density at radius 3 is 2.76 bits per heavy atom. The van der Waals surface area contributed by atoms with E-state index in [-0.39, 0.29) is 27.7 Å². The lowest BCUT2D eigenvalue weighted by Crippen LogP contribution is -2.58. The van der Waals surface area contributed by atoms with Crippen LogP contribution in [0.5, 0.6) is 0 Å². The number of hydrogen-bond donors (Lipinski definition) is 1. The Balaban J connectivity index is 2.21. The van der Waals surface area contributed by atoms with E-state index in [1.165, 1.54) is 6.07 Å². The molecule has 116 valence electrons. The summed E-state index contributed by atoms with van der Waals surface area (Å²) in [6.07, 6.45) is 0.899. The molecule has 0 spiro atoms. The van der Waals surface area contributed by atoms with Crippen molar-refractivity contribution in [1.29, 1.82) is 0 Å². The van der Waals surface area contributed by atoms with Crippen molar-refractivity contribution in [2.75, 3.05) is 11.9 Å². The molecule has 2 atom stereocenters. The highest BCUT2D eigenvalue weighted by Crippen LogP contribution is 2.45. The van der Waals surface area contributed by atoms with Crippen molar-refractivity contribution in [2.24, 2.45) is 5.41 Å². The van der Waals surface area contributed by atoms with Gasteiger partial charge in [-0.15, -0.1) is 0 Å². The number of nitro benzene ring substituents is 1. The van der Waals surface area contributed by atoms with Crippen LogP contribution >= 0.6 is 15.9 Å². The molecule has 0 radical (unpaired) electrons. The smallest absolute Gasteiger partial charge is 0.295 e. The lowest BCUT2D eigenvalue weighted by atomic mass is 9.64. The minimum atomic E-state index is -0.646. The highest BCUT2D eigenvalue weighted by Gasteiger charge is 2.49. The zero-order valence-electron chi connectivity index (χ0n) is 12.2. The molecule has 0 amide bonds. The molecule has 0 aromatic heterocycles. The third-order valence-corrected chi connectivity index (χ3v) is 4.72. The Bertz CT molecular complexity index is 565. The van der Waals surface area contributed by atoms with E-state index in [0.717, 1.165) is 12.5 Å². The predicted octanol–water partition coefficient (Wildman–Crippen LogP) is 4.11. The molecule has 2 rings (SSSR count). The summed E-state index contributed by atoms with van der Waals surface area (Å²) in [5.74, 6) is -0.646. The van der Waals surface area contributed by atoms with Crippen LogP contribution in [0.1, 0.15) is 27.2 Å². The van der Waals surface area contributed by atoms with Crippen molar-refractivity contribution in [1.82, 2.24) is 0 Å². The van der Waals surface area contributed by atoms with Crippen LogP contribution in [0, 0.1) is 21.3 Å². The van der Waals surface area contributed by atoms with Gasteiger partial charge in [-0.05, 0) is 35.3 Å². The van der Waals surface area contributed by atoms with Gasteiger partial charge in [0.1, 0.15) is 11.5 Å². The van der Waals surface area contributed by atoms with Crippen LogP contribution in [-0.2, 0) is 4.74 Å². The Hall–Kier alpha value is -1.21. The molecule has 1 saturated carbocycles. The van der Waals surface area contributed by atoms with E-state index in [0.29, 0.717) is 12.3 Å². The molecule has 0 bridgehead atoms. The van der Waals surface area contributed by atoms with Crippen molar-refractivity contribution in [3.63, 3.8) is 0 Å². The first-order valence-corrected chi connectivity index (χ1v) is 7.58. The van der Waals surface area contributed by atoms with Gasteiger partial charge in [-0.2, -0.15) is 0 Å². The maximum Gasteiger partial charge on any atom is 0.295 e. The summed E-state index contributed by atoms with van der Waals surface area (Å²) in [5.41, 5.74) is -0.0715. The number of nitrogens with one attached hydrogen (secondary N) is 1. The van der Waals surface area contributed by atoms with Crippen molar-refractivity contribution >= 4 is 27.3 Å². The van der Waals surface area contributed by atoms with Crippen LogP contribution < -0.4 is 5.32 Å². The summed E-state index contributed by atoms with van der Waals surface area (Å²) >= 11 is 3.06. The third kappa shape index (κ3) is 3.03. The molecular formula is C14H18BrFN2O3. The highest BCUT2D eigenvalue weighted by atomic mass is 79.9. The number of nitrogens with zero attached hydrogens (tertiary/aromatic N) is 1. The quantitative estimate of drug-likeness (QED) is 0.633. The Morgan fingerprint density at radius 2 is 2.24 bits per heavy atom. The average Bonchev–Trinajstić information content (AvgIpc) is 2.41. The van der Waals surface area contributed by atoms with E-state index in [9.17, 15) is 14.5 Å². The number of nitro groups is 1. The number of rotatable bonds is 5. The van der Waals surface area contributed by atoms with Gasteiger partial charge in [0.15, 0.2) is 0 Å². The minimum Gasteiger partial charge on any atom is -0.378 e. The molecule has 0 aliphatic heterocycles. The van der Waals surface area contributed by atoms with Gasteiger partial charge in [-0.3, -0.25) is 10.1 Å². The molecule has 5 nitrogen and oxygen atoms in total. The van der Waals surface area contributed by atoms with E-state index in [2.05, 4.69) is 35.1 Å². The summed E-state index contributed by atoms with van der Waals surface area (Å²) in [6, 6.07) is 2.39. The second-order valence-corrected chi connectivity index (χ2v) is 6.59. The third-order valence-electron chi connectivity index (χ3n) is 4.11. The first-order chi connectivity index (χ1) is 9.77. The zero-order chi connectivity index (χ0) is 15.8. The number of hydrogen-bond acceptors (Lipinski definition) is 4. The minimum absolute atomic E-state index is 0.0464. The number of halogens is 2. The Labute approximate surface area is 131 Å². The van der Waals surface area contributed by atoms with Crippen molar-refractivity contribution in [3.05, 3.63) is 32.5 Å². The van der Waals surface area contributed by atoms with E-state index < -0.39 is 10.7 Å². The number of benzene rings is 1. The van der Waals surface area contributed by atoms with Gasteiger partial charge >= 0.3 is 0 Å². The van der Waals surface area contributed by atoms with Gasteiger partial charge in [0.2, 0.25) is 0 Å². The van der Waals surface area contributed by atoms with Crippen molar-refractivity contribution in [2.45, 2.75) is 39.3 Å². The van der Waals surface area contributed by atoms with Gasteiger partial charge in [0, 0.05) is 18.1 Å². The normalized spacial score (nSPS) is 23.5. The summed E-state index contributed by atoms with van der Waals surface area (Å²) in [6.45, 7) is 6.69. The van der Waals surface area contributed by atoms with E-state index in [4.69, 9.17) is 4.74 Å². The number of ether oxygens (including phenoxy) is 1. The Kier molecular flexibility index (Phi) is 4.53. The van der Waals surface area contributed by atoms with Gasteiger partial charge in [0.05, 0.1) is 21.6 Å².